The van der Waals surface area contributed by atoms with E-state index in [-0.39, 0.29) is 24.2 Å². The van der Waals surface area contributed by atoms with E-state index in [4.69, 9.17) is 4.74 Å². The van der Waals surface area contributed by atoms with E-state index >= 15 is 0 Å². The van der Waals surface area contributed by atoms with Gasteiger partial charge in [0, 0.05) is 17.9 Å². The third-order valence-corrected chi connectivity index (χ3v) is 3.70. The molecule has 1 aromatic rings. The van der Waals surface area contributed by atoms with Crippen LogP contribution in [0.5, 0.6) is 5.75 Å². The monoisotopic (exact) mass is 283 g/mol. The molecule has 0 spiro atoms. The second kappa shape index (κ2) is 5.61. The molecule has 1 saturated carbocycles. The molecule has 0 aromatic heterocycles. The quantitative estimate of drug-likeness (QED) is 0.858. The minimum absolute atomic E-state index is 0.00678. The summed E-state index contributed by atoms with van der Waals surface area (Å²) in [5, 5.41) is 2.82. The van der Waals surface area contributed by atoms with Crippen LogP contribution >= 0.6 is 0 Å². The number of anilines is 1. The van der Waals surface area contributed by atoms with Gasteiger partial charge in [0.15, 0.2) is 9.84 Å². The Morgan fingerprint density at radius 2 is 1.95 bits per heavy atom. The summed E-state index contributed by atoms with van der Waals surface area (Å²) in [4.78, 5) is 11.5. The van der Waals surface area contributed by atoms with E-state index in [0.29, 0.717) is 5.75 Å². The normalized spacial score (nSPS) is 15.0. The highest BCUT2D eigenvalue weighted by Crippen LogP contribution is 2.30. The van der Waals surface area contributed by atoms with Gasteiger partial charge in [-0.2, -0.15) is 0 Å². The van der Waals surface area contributed by atoms with Crippen LogP contribution in [0.25, 0.3) is 0 Å². The molecule has 2 rings (SSSR count). The molecule has 0 atom stereocenters. The van der Waals surface area contributed by atoms with Crippen LogP contribution in [0.4, 0.5) is 5.69 Å². The van der Waals surface area contributed by atoms with Crippen LogP contribution in [-0.2, 0) is 14.6 Å². The maximum Gasteiger partial charge on any atom is 0.227 e. The Balaban J connectivity index is 1.82. The second-order valence-corrected chi connectivity index (χ2v) is 7.03. The first-order chi connectivity index (χ1) is 8.94. The number of hydrogen-bond donors (Lipinski definition) is 1. The first-order valence-corrected chi connectivity index (χ1v) is 8.21. The lowest BCUT2D eigenvalue weighted by Gasteiger charge is -2.07. The first-order valence-electron chi connectivity index (χ1n) is 6.15. The molecule has 0 radical (unpaired) electrons. The average Bonchev–Trinajstić information content (AvgIpc) is 3.13. The number of ether oxygens (including phenoxy) is 1. The van der Waals surface area contributed by atoms with E-state index in [0.717, 1.165) is 18.5 Å². The number of carbonyl (C=O) groups excluding carboxylic acids is 1. The van der Waals surface area contributed by atoms with Crippen LogP contribution in [0.15, 0.2) is 24.3 Å². The summed E-state index contributed by atoms with van der Waals surface area (Å²) in [5.41, 5.74) is 0.729. The van der Waals surface area contributed by atoms with Crippen LogP contribution in [0, 0.1) is 5.92 Å². The van der Waals surface area contributed by atoms with Gasteiger partial charge < -0.3 is 10.1 Å². The third kappa shape index (κ3) is 4.90. The highest BCUT2D eigenvalue weighted by atomic mass is 32.2. The molecular weight excluding hydrogens is 266 g/mol. The third-order valence-electron chi connectivity index (χ3n) is 2.79. The summed E-state index contributed by atoms with van der Waals surface area (Å²) in [6.07, 6.45) is 3.11. The molecule has 1 aromatic carbocycles. The number of hydrogen-bond acceptors (Lipinski definition) is 4. The van der Waals surface area contributed by atoms with Crippen molar-refractivity contribution in [1.82, 2.24) is 0 Å². The number of nitrogens with one attached hydrogen (secondary N) is 1. The van der Waals surface area contributed by atoms with E-state index in [1.807, 2.05) is 0 Å². The van der Waals surface area contributed by atoms with Gasteiger partial charge in [-0.15, -0.1) is 0 Å². The van der Waals surface area contributed by atoms with Crippen LogP contribution in [0.3, 0.4) is 0 Å². The van der Waals surface area contributed by atoms with E-state index in [9.17, 15) is 13.2 Å². The molecule has 0 saturated heterocycles. The second-order valence-electron chi connectivity index (χ2n) is 4.77. The highest BCUT2D eigenvalue weighted by molar-refractivity contribution is 7.90. The van der Waals surface area contributed by atoms with Gasteiger partial charge in [0.2, 0.25) is 5.91 Å². The summed E-state index contributed by atoms with van der Waals surface area (Å²) in [7, 11) is -3.00. The molecule has 19 heavy (non-hydrogen) atoms. The predicted molar refractivity (Wildman–Crippen MR) is 73.0 cm³/mol. The molecule has 1 aliphatic carbocycles. The molecule has 1 amide bonds. The highest BCUT2D eigenvalue weighted by Gasteiger charge is 2.29. The van der Waals surface area contributed by atoms with E-state index in [2.05, 4.69) is 5.32 Å². The zero-order valence-electron chi connectivity index (χ0n) is 10.8. The minimum Gasteiger partial charge on any atom is -0.493 e. The zero-order valence-corrected chi connectivity index (χ0v) is 11.6. The summed E-state index contributed by atoms with van der Waals surface area (Å²) in [6, 6.07) is 6.92. The molecule has 6 heteroatoms. The van der Waals surface area contributed by atoms with Crippen molar-refractivity contribution in [2.75, 3.05) is 23.9 Å². The SMILES string of the molecule is CS(=O)(=O)CCOc1ccc(NC(=O)C2CC2)cc1. The van der Waals surface area contributed by atoms with Crippen LogP contribution in [0.2, 0.25) is 0 Å². The van der Waals surface area contributed by atoms with Crippen LogP contribution in [0.1, 0.15) is 12.8 Å². The molecule has 0 bridgehead atoms. The molecule has 0 heterocycles. The maximum atomic E-state index is 11.5. The summed E-state index contributed by atoms with van der Waals surface area (Å²) < 4.78 is 27.2. The van der Waals surface area contributed by atoms with Crippen molar-refractivity contribution in [3.63, 3.8) is 0 Å². The molecule has 104 valence electrons. The Morgan fingerprint density at radius 1 is 1.32 bits per heavy atom. The van der Waals surface area contributed by atoms with Gasteiger partial charge in [-0.1, -0.05) is 0 Å². The van der Waals surface area contributed by atoms with Gasteiger partial charge in [-0.25, -0.2) is 8.42 Å². The zero-order chi connectivity index (χ0) is 13.9. The van der Waals surface area contributed by atoms with Gasteiger partial charge in [-0.3, -0.25) is 4.79 Å². The van der Waals surface area contributed by atoms with Crippen molar-refractivity contribution in [2.24, 2.45) is 5.92 Å². The summed E-state index contributed by atoms with van der Waals surface area (Å²) in [6.45, 7) is 0.132. The Bertz CT molecular complexity index is 547. The molecule has 0 aliphatic heterocycles. The molecule has 5 nitrogen and oxygen atoms in total. The van der Waals surface area contributed by atoms with Gasteiger partial charge in [0.1, 0.15) is 12.4 Å². The topological polar surface area (TPSA) is 72.5 Å². The van der Waals surface area contributed by atoms with E-state index < -0.39 is 9.84 Å². The predicted octanol–water partition coefficient (Wildman–Crippen LogP) is 1.46. The van der Waals surface area contributed by atoms with E-state index in [1.165, 1.54) is 6.26 Å². The molecule has 0 unspecified atom stereocenters. The fourth-order valence-corrected chi connectivity index (χ4v) is 1.92. The first kappa shape index (κ1) is 13.9. The lowest BCUT2D eigenvalue weighted by atomic mass is 10.3. The fourth-order valence-electron chi connectivity index (χ4n) is 1.54. The van der Waals surface area contributed by atoms with Gasteiger partial charge in [0.05, 0.1) is 5.75 Å². The van der Waals surface area contributed by atoms with Gasteiger partial charge >= 0.3 is 0 Å². The standard InChI is InChI=1S/C13H17NO4S/c1-19(16,17)9-8-18-12-6-4-11(5-7-12)14-13(15)10-2-3-10/h4-7,10H,2-3,8-9H2,1H3,(H,14,15). The number of rotatable bonds is 6. The lowest BCUT2D eigenvalue weighted by molar-refractivity contribution is -0.117. The number of benzene rings is 1. The number of carbonyl (C=O) groups is 1. The largest absolute Gasteiger partial charge is 0.493 e. The lowest BCUT2D eigenvalue weighted by Crippen LogP contribution is -2.13. The van der Waals surface area contributed by atoms with Crippen molar-refractivity contribution in [3.8, 4) is 5.75 Å². The van der Waals surface area contributed by atoms with Crippen molar-refractivity contribution in [3.05, 3.63) is 24.3 Å². The molecule has 1 aliphatic rings. The van der Waals surface area contributed by atoms with Crippen molar-refractivity contribution in [2.45, 2.75) is 12.8 Å². The van der Waals surface area contributed by atoms with E-state index in [1.54, 1.807) is 24.3 Å². The smallest absolute Gasteiger partial charge is 0.227 e. The Labute approximate surface area is 112 Å². The number of sulfone groups is 1. The average molecular weight is 283 g/mol. The summed E-state index contributed by atoms with van der Waals surface area (Å²) >= 11 is 0. The molecule has 1 N–H and O–H groups in total. The summed E-state index contributed by atoms with van der Waals surface area (Å²) in [5.74, 6) is 0.817. The fraction of sp³-hybridized carbons (Fsp3) is 0.462. The Kier molecular flexibility index (Phi) is 4.09. The van der Waals surface area contributed by atoms with Gasteiger partial charge in [-0.05, 0) is 37.1 Å². The van der Waals surface area contributed by atoms with Crippen LogP contribution in [-0.4, -0.2) is 32.9 Å². The Hall–Kier alpha value is -1.56. The maximum absolute atomic E-state index is 11.5. The van der Waals surface area contributed by atoms with Crippen molar-refractivity contribution >= 4 is 21.4 Å². The van der Waals surface area contributed by atoms with Crippen LogP contribution < -0.4 is 10.1 Å². The number of amides is 1. The minimum atomic E-state index is -3.00. The van der Waals surface area contributed by atoms with Crippen molar-refractivity contribution in [1.29, 1.82) is 0 Å². The van der Waals surface area contributed by atoms with Crippen molar-refractivity contribution < 1.29 is 17.9 Å². The Morgan fingerprint density at radius 3 is 2.47 bits per heavy atom. The molecular formula is C13H17NO4S. The van der Waals surface area contributed by atoms with Gasteiger partial charge in [0.25, 0.3) is 0 Å². The molecule has 1 fully saturated rings.